The first-order chi connectivity index (χ1) is 12.8. The molecule has 0 fully saturated rings. The van der Waals surface area contributed by atoms with Gasteiger partial charge in [-0.1, -0.05) is 42.5 Å². The zero-order valence-corrected chi connectivity index (χ0v) is 15.4. The van der Waals surface area contributed by atoms with E-state index in [2.05, 4.69) is 5.32 Å². The number of para-hydroxylation sites is 2. The summed E-state index contributed by atoms with van der Waals surface area (Å²) in [6, 6.07) is 21.0. The number of ether oxygens (including phenoxy) is 1. The van der Waals surface area contributed by atoms with Crippen molar-refractivity contribution in [1.29, 1.82) is 0 Å². The van der Waals surface area contributed by atoms with Crippen molar-refractivity contribution in [3.8, 4) is 5.75 Å². The molecule has 1 aromatic heterocycles. The summed E-state index contributed by atoms with van der Waals surface area (Å²) in [7, 11) is 0. The molecule has 0 saturated carbocycles. The molecule has 1 atom stereocenters. The molecule has 3 aromatic rings. The molecular formula is C21H21NO3S. The lowest BCUT2D eigenvalue weighted by atomic mass is 10.1. The summed E-state index contributed by atoms with van der Waals surface area (Å²) in [5, 5.41) is 2.66. The van der Waals surface area contributed by atoms with Gasteiger partial charge in [0.25, 0.3) is 0 Å². The van der Waals surface area contributed by atoms with Gasteiger partial charge in [0.05, 0.1) is 24.3 Å². The third kappa shape index (κ3) is 4.70. The Morgan fingerprint density at radius 3 is 2.58 bits per heavy atom. The second-order valence-electron chi connectivity index (χ2n) is 5.60. The van der Waals surface area contributed by atoms with Crippen molar-refractivity contribution in [3.05, 3.63) is 84.3 Å². The Hall–Kier alpha value is -2.66. The number of furan rings is 1. The third-order valence-corrected chi connectivity index (χ3v) is 5.03. The van der Waals surface area contributed by atoms with Crippen LogP contribution in [0.2, 0.25) is 0 Å². The minimum absolute atomic E-state index is 0.0834. The zero-order chi connectivity index (χ0) is 18.2. The number of anilines is 1. The lowest BCUT2D eigenvalue weighted by Gasteiger charge is -2.18. The highest BCUT2D eigenvalue weighted by Crippen LogP contribution is 2.34. The van der Waals surface area contributed by atoms with Crippen LogP contribution in [-0.2, 0) is 10.5 Å². The first-order valence-corrected chi connectivity index (χ1v) is 9.54. The fourth-order valence-electron chi connectivity index (χ4n) is 2.56. The molecule has 4 nitrogen and oxygen atoms in total. The van der Waals surface area contributed by atoms with Crippen molar-refractivity contribution in [2.45, 2.75) is 17.9 Å². The van der Waals surface area contributed by atoms with Crippen LogP contribution in [0, 0.1) is 0 Å². The van der Waals surface area contributed by atoms with E-state index in [-0.39, 0.29) is 11.2 Å². The number of nitrogens with one attached hydrogen (secondary N) is 1. The van der Waals surface area contributed by atoms with E-state index in [1.54, 1.807) is 6.26 Å². The van der Waals surface area contributed by atoms with Gasteiger partial charge in [0.15, 0.2) is 0 Å². The van der Waals surface area contributed by atoms with Crippen molar-refractivity contribution in [2.75, 3.05) is 11.9 Å². The van der Waals surface area contributed by atoms with Crippen LogP contribution in [0.25, 0.3) is 0 Å². The van der Waals surface area contributed by atoms with Crippen molar-refractivity contribution in [1.82, 2.24) is 0 Å². The molecule has 0 saturated heterocycles. The molecule has 0 unspecified atom stereocenters. The molecule has 0 aliphatic rings. The Kier molecular flexibility index (Phi) is 6.39. The van der Waals surface area contributed by atoms with Gasteiger partial charge in [-0.15, -0.1) is 11.8 Å². The van der Waals surface area contributed by atoms with Crippen LogP contribution in [0.4, 0.5) is 5.69 Å². The highest BCUT2D eigenvalue weighted by Gasteiger charge is 2.22. The van der Waals surface area contributed by atoms with Gasteiger partial charge in [0.2, 0.25) is 5.91 Å². The summed E-state index contributed by atoms with van der Waals surface area (Å²) in [5.74, 6) is 2.05. The van der Waals surface area contributed by atoms with Crippen LogP contribution in [0.1, 0.15) is 23.5 Å². The summed E-state index contributed by atoms with van der Waals surface area (Å²) in [6.07, 6.45) is 1.64. The minimum Gasteiger partial charge on any atom is -0.492 e. The lowest BCUT2D eigenvalue weighted by Crippen LogP contribution is -2.19. The van der Waals surface area contributed by atoms with Crippen molar-refractivity contribution >= 4 is 23.4 Å². The van der Waals surface area contributed by atoms with E-state index in [0.717, 1.165) is 11.3 Å². The first kappa shape index (κ1) is 18.1. The number of benzene rings is 2. The van der Waals surface area contributed by atoms with Crippen molar-refractivity contribution in [3.63, 3.8) is 0 Å². The quantitative estimate of drug-likeness (QED) is 0.588. The summed E-state index contributed by atoms with van der Waals surface area (Å²) in [5.41, 5.74) is 1.63. The predicted molar refractivity (Wildman–Crippen MR) is 105 cm³/mol. The molecule has 1 N–H and O–H groups in total. The monoisotopic (exact) mass is 367 g/mol. The topological polar surface area (TPSA) is 51.5 Å². The standard InChI is InChI=1S/C21H21NO3S/c1-2-24-19-13-7-6-12-18(19)22-21(23)20(16-9-4-3-5-10-16)26-15-17-11-8-14-25-17/h3-14,20H,2,15H2,1H3,(H,22,23)/t20-/m0/s1. The van der Waals surface area contributed by atoms with Crippen LogP contribution >= 0.6 is 11.8 Å². The number of amides is 1. The van der Waals surface area contributed by atoms with Crippen LogP contribution < -0.4 is 10.1 Å². The van der Waals surface area contributed by atoms with E-state index < -0.39 is 0 Å². The average Bonchev–Trinajstić information content (AvgIpc) is 3.18. The maximum Gasteiger partial charge on any atom is 0.242 e. The summed E-state index contributed by atoms with van der Waals surface area (Å²) in [6.45, 7) is 2.47. The number of carbonyl (C=O) groups excluding carboxylic acids is 1. The Balaban J connectivity index is 1.78. The van der Waals surface area contributed by atoms with Gasteiger partial charge in [0.1, 0.15) is 16.8 Å². The minimum atomic E-state index is -0.351. The molecule has 1 amide bonds. The Bertz CT molecular complexity index is 818. The second kappa shape index (κ2) is 9.15. The number of hydrogen-bond donors (Lipinski definition) is 1. The first-order valence-electron chi connectivity index (χ1n) is 8.49. The van der Waals surface area contributed by atoms with E-state index in [4.69, 9.17) is 9.15 Å². The van der Waals surface area contributed by atoms with Crippen LogP contribution in [-0.4, -0.2) is 12.5 Å². The predicted octanol–water partition coefficient (Wildman–Crippen LogP) is 5.29. The van der Waals surface area contributed by atoms with Gasteiger partial charge in [-0.05, 0) is 36.8 Å². The number of thioether (sulfide) groups is 1. The smallest absolute Gasteiger partial charge is 0.242 e. The van der Waals surface area contributed by atoms with Crippen LogP contribution in [0.5, 0.6) is 5.75 Å². The van der Waals surface area contributed by atoms with Crippen LogP contribution in [0.15, 0.2) is 77.4 Å². The highest BCUT2D eigenvalue weighted by molar-refractivity contribution is 7.99. The summed E-state index contributed by atoms with van der Waals surface area (Å²) in [4.78, 5) is 13.0. The molecule has 2 aromatic carbocycles. The summed E-state index contributed by atoms with van der Waals surface area (Å²) >= 11 is 1.53. The van der Waals surface area contributed by atoms with Gasteiger partial charge in [-0.3, -0.25) is 4.79 Å². The normalized spacial score (nSPS) is 11.7. The summed E-state index contributed by atoms with van der Waals surface area (Å²) < 4.78 is 11.0. The maximum atomic E-state index is 13.0. The van der Waals surface area contributed by atoms with Gasteiger partial charge in [-0.2, -0.15) is 0 Å². The van der Waals surface area contributed by atoms with Crippen molar-refractivity contribution < 1.29 is 13.9 Å². The number of rotatable bonds is 8. The van der Waals surface area contributed by atoms with E-state index in [1.807, 2.05) is 73.7 Å². The molecule has 26 heavy (non-hydrogen) atoms. The van der Waals surface area contributed by atoms with Gasteiger partial charge >= 0.3 is 0 Å². The van der Waals surface area contributed by atoms with E-state index in [1.165, 1.54) is 11.8 Å². The third-order valence-electron chi connectivity index (χ3n) is 3.76. The average molecular weight is 367 g/mol. The molecule has 0 aliphatic carbocycles. The fourth-order valence-corrected chi connectivity index (χ4v) is 3.62. The Morgan fingerprint density at radius 2 is 1.85 bits per heavy atom. The zero-order valence-electron chi connectivity index (χ0n) is 14.6. The molecule has 0 bridgehead atoms. The van der Waals surface area contributed by atoms with E-state index in [0.29, 0.717) is 23.8 Å². The molecule has 1 heterocycles. The van der Waals surface area contributed by atoms with E-state index in [9.17, 15) is 4.79 Å². The Morgan fingerprint density at radius 1 is 1.08 bits per heavy atom. The van der Waals surface area contributed by atoms with Crippen molar-refractivity contribution in [2.24, 2.45) is 0 Å². The molecule has 5 heteroatoms. The fraction of sp³-hybridized carbons (Fsp3) is 0.190. The SMILES string of the molecule is CCOc1ccccc1NC(=O)[C@@H](SCc1ccco1)c1ccccc1. The molecule has 0 spiro atoms. The van der Waals surface area contributed by atoms with Gasteiger partial charge < -0.3 is 14.5 Å². The maximum absolute atomic E-state index is 13.0. The van der Waals surface area contributed by atoms with Gasteiger partial charge in [-0.25, -0.2) is 0 Å². The molecule has 0 aliphatic heterocycles. The molecule has 0 radical (unpaired) electrons. The Labute approximate surface area is 157 Å². The lowest BCUT2D eigenvalue weighted by molar-refractivity contribution is -0.115. The highest BCUT2D eigenvalue weighted by atomic mass is 32.2. The molecule has 134 valence electrons. The number of hydrogen-bond acceptors (Lipinski definition) is 4. The second-order valence-corrected chi connectivity index (χ2v) is 6.69. The largest absolute Gasteiger partial charge is 0.492 e. The van der Waals surface area contributed by atoms with Crippen LogP contribution in [0.3, 0.4) is 0 Å². The van der Waals surface area contributed by atoms with Gasteiger partial charge in [0, 0.05) is 0 Å². The molecular weight excluding hydrogens is 346 g/mol. The molecule has 3 rings (SSSR count). The van der Waals surface area contributed by atoms with E-state index >= 15 is 0 Å². The number of carbonyl (C=O) groups is 1.